The molecule has 0 atom stereocenters. The van der Waals surface area contributed by atoms with Crippen molar-refractivity contribution in [3.8, 4) is 5.75 Å². The van der Waals surface area contributed by atoms with Crippen molar-refractivity contribution < 1.29 is 23.9 Å². The van der Waals surface area contributed by atoms with E-state index in [2.05, 4.69) is 5.48 Å². The number of hydrogen-bond donors (Lipinski definition) is 1. The minimum atomic E-state index is -0.761. The van der Waals surface area contributed by atoms with Gasteiger partial charge in [0.2, 0.25) is 0 Å². The smallest absolute Gasteiger partial charge is 0.427 e. The normalized spacial score (nSPS) is 10.8. The van der Waals surface area contributed by atoms with E-state index in [9.17, 15) is 9.59 Å². The summed E-state index contributed by atoms with van der Waals surface area (Å²) in [7, 11) is 3.24. The van der Waals surface area contributed by atoms with Crippen molar-refractivity contribution in [2.75, 3.05) is 20.6 Å². The molecule has 0 radical (unpaired) electrons. The minimum Gasteiger partial charge on any atom is -0.427 e. The lowest BCUT2D eigenvalue weighted by Crippen LogP contribution is -2.29. The first kappa shape index (κ1) is 18.8. The number of hydroxylamine groups is 1. The monoisotopic (exact) mass is 324 g/mol. The minimum absolute atomic E-state index is 0.426. The van der Waals surface area contributed by atoms with Gasteiger partial charge in [0.25, 0.3) is 0 Å². The quantitative estimate of drug-likeness (QED) is 0.510. The molecule has 7 nitrogen and oxygen atoms in total. The fourth-order valence-electron chi connectivity index (χ4n) is 1.49. The Morgan fingerprint density at radius 1 is 1.13 bits per heavy atom. The number of carbonyl (C=O) groups excluding carboxylic acids is 2. The molecule has 0 aliphatic heterocycles. The van der Waals surface area contributed by atoms with Crippen LogP contribution < -0.4 is 10.2 Å². The van der Waals surface area contributed by atoms with E-state index in [0.717, 1.165) is 5.56 Å². The molecule has 0 saturated heterocycles. The molecule has 1 N–H and O–H groups in total. The second kappa shape index (κ2) is 8.38. The van der Waals surface area contributed by atoms with Gasteiger partial charge in [-0.25, -0.2) is 9.59 Å². The number of carbonyl (C=O) groups is 2. The molecule has 0 heterocycles. The molecular formula is C16H24N2O5. The van der Waals surface area contributed by atoms with Crippen LogP contribution in [0.1, 0.15) is 26.3 Å². The number of amides is 1. The van der Waals surface area contributed by atoms with Crippen LogP contribution in [0.25, 0.3) is 0 Å². The lowest BCUT2D eigenvalue weighted by Gasteiger charge is -2.18. The summed E-state index contributed by atoms with van der Waals surface area (Å²) in [5, 5.41) is 0. The summed E-state index contributed by atoms with van der Waals surface area (Å²) in [6, 6.07) is 7.11. The number of ether oxygens (including phenoxy) is 2. The van der Waals surface area contributed by atoms with Crippen molar-refractivity contribution in [1.82, 2.24) is 10.4 Å². The summed E-state index contributed by atoms with van der Waals surface area (Å²) >= 11 is 0. The van der Waals surface area contributed by atoms with Crippen molar-refractivity contribution in [1.29, 1.82) is 0 Å². The summed E-state index contributed by atoms with van der Waals surface area (Å²) in [6.45, 7) is 5.73. The molecule has 0 aliphatic carbocycles. The second-order valence-electron chi connectivity index (χ2n) is 6.12. The van der Waals surface area contributed by atoms with E-state index in [1.165, 1.54) is 4.90 Å². The van der Waals surface area contributed by atoms with Crippen LogP contribution in [-0.2, 0) is 16.0 Å². The first-order valence-corrected chi connectivity index (χ1v) is 7.28. The Labute approximate surface area is 136 Å². The number of nitrogens with one attached hydrogen (secondary N) is 1. The van der Waals surface area contributed by atoms with Gasteiger partial charge in [0.05, 0.1) is 0 Å². The van der Waals surface area contributed by atoms with Gasteiger partial charge in [-0.2, -0.15) is 0 Å². The summed E-state index contributed by atoms with van der Waals surface area (Å²) in [5.74, 6) is 0.477. The predicted molar refractivity (Wildman–Crippen MR) is 85.2 cm³/mol. The molecule has 0 aliphatic rings. The summed E-state index contributed by atoms with van der Waals surface area (Å²) in [4.78, 5) is 28.8. The van der Waals surface area contributed by atoms with Gasteiger partial charge in [-0.3, -0.25) is 0 Å². The highest BCUT2D eigenvalue weighted by atomic mass is 16.8. The Balaban J connectivity index is 2.31. The molecular weight excluding hydrogens is 300 g/mol. The van der Waals surface area contributed by atoms with Gasteiger partial charge >= 0.3 is 12.2 Å². The summed E-state index contributed by atoms with van der Waals surface area (Å²) < 4.78 is 10.1. The van der Waals surface area contributed by atoms with Crippen molar-refractivity contribution in [3.05, 3.63) is 29.8 Å². The number of hydrogen-bond acceptors (Lipinski definition) is 6. The van der Waals surface area contributed by atoms with Crippen molar-refractivity contribution in [3.63, 3.8) is 0 Å². The van der Waals surface area contributed by atoms with Crippen molar-refractivity contribution in [2.45, 2.75) is 32.8 Å². The molecule has 1 aromatic carbocycles. The highest BCUT2D eigenvalue weighted by Crippen LogP contribution is 2.13. The zero-order chi connectivity index (χ0) is 17.5. The lowest BCUT2D eigenvalue weighted by molar-refractivity contribution is -0.0316. The van der Waals surface area contributed by atoms with E-state index in [-0.39, 0.29) is 0 Å². The third kappa shape index (κ3) is 8.06. The Hall–Kier alpha value is -2.28. The van der Waals surface area contributed by atoms with E-state index >= 15 is 0 Å². The Morgan fingerprint density at radius 2 is 1.74 bits per heavy atom. The second-order valence-corrected chi connectivity index (χ2v) is 6.12. The van der Waals surface area contributed by atoms with Crippen LogP contribution in [0, 0.1) is 0 Å². The average molecular weight is 324 g/mol. The number of benzene rings is 1. The fraction of sp³-hybridized carbons (Fsp3) is 0.500. The number of rotatable bonds is 5. The Kier molecular flexibility index (Phi) is 6.84. The molecule has 0 aromatic heterocycles. The van der Waals surface area contributed by atoms with Crippen LogP contribution in [0.15, 0.2) is 24.3 Å². The highest BCUT2D eigenvalue weighted by molar-refractivity contribution is 5.69. The molecule has 1 aromatic rings. The molecule has 1 amide bonds. The van der Waals surface area contributed by atoms with Gasteiger partial charge < -0.3 is 19.2 Å². The predicted octanol–water partition coefficient (Wildman–Crippen LogP) is 2.75. The van der Waals surface area contributed by atoms with E-state index in [1.54, 1.807) is 47.0 Å². The van der Waals surface area contributed by atoms with Crippen LogP contribution in [0.4, 0.5) is 9.59 Å². The standard InChI is InChI=1S/C16H24N2O5/c1-16(2,3)22-15(20)23-17-11-10-12-6-8-13(9-7-12)21-14(19)18(4)5/h6-9,17H,10-11H2,1-5H3. The van der Waals surface area contributed by atoms with Gasteiger partial charge in [-0.05, 0) is 44.9 Å². The highest BCUT2D eigenvalue weighted by Gasteiger charge is 2.17. The van der Waals surface area contributed by atoms with Crippen LogP contribution in [0.2, 0.25) is 0 Å². The average Bonchev–Trinajstić information content (AvgIpc) is 2.43. The van der Waals surface area contributed by atoms with Crippen molar-refractivity contribution in [2.24, 2.45) is 0 Å². The molecule has 0 bridgehead atoms. The summed E-state index contributed by atoms with van der Waals surface area (Å²) in [5.41, 5.74) is 2.98. The van der Waals surface area contributed by atoms with Crippen LogP contribution in [-0.4, -0.2) is 43.4 Å². The maximum atomic E-state index is 11.4. The van der Waals surface area contributed by atoms with Gasteiger partial charge in [0.15, 0.2) is 0 Å². The maximum absolute atomic E-state index is 11.4. The van der Waals surface area contributed by atoms with Crippen LogP contribution >= 0.6 is 0 Å². The van der Waals surface area contributed by atoms with E-state index in [4.69, 9.17) is 14.3 Å². The van der Waals surface area contributed by atoms with Crippen LogP contribution in [0.3, 0.4) is 0 Å². The van der Waals surface area contributed by atoms with E-state index in [1.807, 2.05) is 12.1 Å². The van der Waals surface area contributed by atoms with Gasteiger partial charge in [-0.1, -0.05) is 12.1 Å². The molecule has 23 heavy (non-hydrogen) atoms. The molecule has 0 saturated carbocycles. The van der Waals surface area contributed by atoms with Gasteiger partial charge in [0, 0.05) is 20.6 Å². The van der Waals surface area contributed by atoms with Gasteiger partial charge in [-0.15, -0.1) is 5.48 Å². The number of nitrogens with zero attached hydrogens (tertiary/aromatic N) is 1. The van der Waals surface area contributed by atoms with Crippen LogP contribution in [0.5, 0.6) is 5.75 Å². The first-order chi connectivity index (χ1) is 10.7. The lowest BCUT2D eigenvalue weighted by atomic mass is 10.1. The Morgan fingerprint density at radius 3 is 2.26 bits per heavy atom. The molecule has 0 fully saturated rings. The Bertz CT molecular complexity index is 520. The molecule has 1 rings (SSSR count). The molecule has 0 unspecified atom stereocenters. The fourth-order valence-corrected chi connectivity index (χ4v) is 1.49. The van der Waals surface area contributed by atoms with E-state index in [0.29, 0.717) is 18.7 Å². The third-order valence-electron chi connectivity index (χ3n) is 2.55. The first-order valence-electron chi connectivity index (χ1n) is 7.28. The largest absolute Gasteiger partial charge is 0.528 e. The zero-order valence-corrected chi connectivity index (χ0v) is 14.2. The third-order valence-corrected chi connectivity index (χ3v) is 2.55. The SMILES string of the molecule is CN(C)C(=O)Oc1ccc(CCNOC(=O)OC(C)(C)C)cc1. The molecule has 0 spiro atoms. The zero-order valence-electron chi connectivity index (χ0n) is 14.2. The van der Waals surface area contributed by atoms with E-state index < -0.39 is 17.8 Å². The summed E-state index contributed by atoms with van der Waals surface area (Å²) in [6.07, 6.45) is -0.543. The van der Waals surface area contributed by atoms with Crippen molar-refractivity contribution >= 4 is 12.2 Å². The van der Waals surface area contributed by atoms with Gasteiger partial charge in [0.1, 0.15) is 11.4 Å². The molecule has 128 valence electrons. The topological polar surface area (TPSA) is 77.1 Å². The maximum Gasteiger partial charge on any atom is 0.528 e. The molecule has 7 heteroatoms.